The van der Waals surface area contributed by atoms with Gasteiger partial charge >= 0.3 is 0 Å². The number of rotatable bonds is 2. The van der Waals surface area contributed by atoms with Gasteiger partial charge in [0.05, 0.1) is 14.7 Å². The van der Waals surface area contributed by atoms with Crippen LogP contribution >= 0.6 is 22.6 Å². The first-order valence-electron chi connectivity index (χ1n) is 6.99. The van der Waals surface area contributed by atoms with Crippen LogP contribution in [0.2, 0.25) is 0 Å². The summed E-state index contributed by atoms with van der Waals surface area (Å²) in [6.07, 6.45) is 4.67. The van der Waals surface area contributed by atoms with Gasteiger partial charge in [-0.2, -0.15) is 0 Å². The molecule has 20 heavy (non-hydrogen) atoms. The molecule has 104 valence electrons. The largest absolute Gasteiger partial charge is 0.383 e. The van der Waals surface area contributed by atoms with E-state index < -0.39 is 0 Å². The summed E-state index contributed by atoms with van der Waals surface area (Å²) in [6, 6.07) is 10.6. The lowest BCUT2D eigenvalue weighted by atomic mass is 9.78. The van der Waals surface area contributed by atoms with Crippen LogP contribution < -0.4 is 5.73 Å². The molecule has 1 aliphatic rings. The second kappa shape index (κ2) is 5.31. The minimum absolute atomic E-state index is 0.0511. The van der Waals surface area contributed by atoms with Crippen molar-refractivity contribution in [2.24, 2.45) is 0 Å². The van der Waals surface area contributed by atoms with Crippen molar-refractivity contribution in [2.75, 3.05) is 5.73 Å². The molecule has 1 fully saturated rings. The smallest absolute Gasteiger partial charge is 0.141 e. The Kier molecular flexibility index (Phi) is 3.67. The Morgan fingerprint density at radius 3 is 2.35 bits per heavy atom. The standard InChI is InChI=1S/C16H18IN3/c1-11-13(17)14(18)20-15(19-11)16(9-5-6-10-16)12-7-3-2-4-8-12/h2-4,7-8H,5-6,9-10H2,1H3,(H2,18,19,20). The molecule has 0 atom stereocenters. The first-order chi connectivity index (χ1) is 9.63. The summed E-state index contributed by atoms with van der Waals surface area (Å²) in [5.74, 6) is 1.51. The lowest BCUT2D eigenvalue weighted by Crippen LogP contribution is -2.27. The Bertz CT molecular complexity index is 596. The van der Waals surface area contributed by atoms with Gasteiger partial charge in [-0.25, -0.2) is 9.97 Å². The highest BCUT2D eigenvalue weighted by molar-refractivity contribution is 14.1. The van der Waals surface area contributed by atoms with Gasteiger partial charge < -0.3 is 5.73 Å². The van der Waals surface area contributed by atoms with Gasteiger partial charge in [0.2, 0.25) is 0 Å². The van der Waals surface area contributed by atoms with Crippen molar-refractivity contribution in [2.45, 2.75) is 38.0 Å². The van der Waals surface area contributed by atoms with Gasteiger partial charge in [-0.1, -0.05) is 43.2 Å². The average molecular weight is 379 g/mol. The van der Waals surface area contributed by atoms with Crippen LogP contribution in [0.1, 0.15) is 42.8 Å². The second-order valence-electron chi connectivity index (χ2n) is 5.49. The van der Waals surface area contributed by atoms with Crippen LogP contribution in [0.5, 0.6) is 0 Å². The summed E-state index contributed by atoms with van der Waals surface area (Å²) >= 11 is 2.22. The molecule has 0 unspecified atom stereocenters. The zero-order chi connectivity index (χ0) is 14.2. The molecule has 1 saturated carbocycles. The van der Waals surface area contributed by atoms with Gasteiger partial charge in [0.25, 0.3) is 0 Å². The predicted octanol–water partition coefficient (Wildman–Crippen LogP) is 3.83. The lowest BCUT2D eigenvalue weighted by molar-refractivity contribution is 0.498. The predicted molar refractivity (Wildman–Crippen MR) is 89.6 cm³/mol. The molecule has 1 aromatic carbocycles. The van der Waals surface area contributed by atoms with E-state index >= 15 is 0 Å². The molecule has 0 saturated heterocycles. The van der Waals surface area contributed by atoms with Crippen LogP contribution in [-0.2, 0) is 5.41 Å². The molecule has 0 bridgehead atoms. The van der Waals surface area contributed by atoms with E-state index in [0.29, 0.717) is 5.82 Å². The molecule has 1 aliphatic carbocycles. The SMILES string of the molecule is Cc1nc(C2(c3ccccc3)CCCC2)nc(N)c1I. The van der Waals surface area contributed by atoms with Gasteiger partial charge in [-0.15, -0.1) is 0 Å². The zero-order valence-electron chi connectivity index (χ0n) is 11.6. The molecule has 2 N–H and O–H groups in total. The number of anilines is 1. The van der Waals surface area contributed by atoms with E-state index in [1.807, 2.05) is 6.92 Å². The molecule has 4 heteroatoms. The fourth-order valence-corrected chi connectivity index (χ4v) is 3.41. The van der Waals surface area contributed by atoms with Crippen LogP contribution in [0, 0.1) is 10.5 Å². The molecule has 3 nitrogen and oxygen atoms in total. The van der Waals surface area contributed by atoms with Gasteiger partial charge in [0, 0.05) is 0 Å². The maximum Gasteiger partial charge on any atom is 0.141 e. The molecular weight excluding hydrogens is 361 g/mol. The van der Waals surface area contributed by atoms with Crippen LogP contribution in [0.4, 0.5) is 5.82 Å². The van der Waals surface area contributed by atoms with E-state index in [2.05, 4.69) is 57.9 Å². The Morgan fingerprint density at radius 2 is 1.75 bits per heavy atom. The number of halogens is 1. The molecule has 1 heterocycles. The molecule has 1 aromatic heterocycles. The number of nitrogen functional groups attached to an aromatic ring is 1. The van der Waals surface area contributed by atoms with Crippen LogP contribution in [-0.4, -0.2) is 9.97 Å². The van der Waals surface area contributed by atoms with Crippen molar-refractivity contribution in [1.29, 1.82) is 0 Å². The topological polar surface area (TPSA) is 51.8 Å². The zero-order valence-corrected chi connectivity index (χ0v) is 13.7. The quantitative estimate of drug-likeness (QED) is 0.807. The fraction of sp³-hybridized carbons (Fsp3) is 0.375. The van der Waals surface area contributed by atoms with E-state index in [4.69, 9.17) is 10.7 Å². The molecule has 3 rings (SSSR count). The second-order valence-corrected chi connectivity index (χ2v) is 6.57. The van der Waals surface area contributed by atoms with Crippen molar-refractivity contribution in [3.05, 3.63) is 51.0 Å². The van der Waals surface area contributed by atoms with E-state index in [0.717, 1.165) is 27.9 Å². The molecular formula is C16H18IN3. The number of aromatic nitrogens is 2. The number of hydrogen-bond donors (Lipinski definition) is 1. The number of aryl methyl sites for hydroxylation is 1. The van der Waals surface area contributed by atoms with Crippen molar-refractivity contribution in [3.63, 3.8) is 0 Å². The summed E-state index contributed by atoms with van der Waals surface area (Å²) in [5, 5.41) is 0. The summed E-state index contributed by atoms with van der Waals surface area (Å²) in [5.41, 5.74) is 8.32. The summed E-state index contributed by atoms with van der Waals surface area (Å²) in [6.45, 7) is 2.01. The van der Waals surface area contributed by atoms with E-state index in [-0.39, 0.29) is 5.41 Å². The number of benzene rings is 1. The van der Waals surface area contributed by atoms with E-state index in [1.165, 1.54) is 18.4 Å². The highest BCUT2D eigenvalue weighted by Gasteiger charge is 2.40. The maximum atomic E-state index is 6.07. The first kappa shape index (κ1) is 13.8. The van der Waals surface area contributed by atoms with Crippen molar-refractivity contribution >= 4 is 28.4 Å². The monoisotopic (exact) mass is 379 g/mol. The third-order valence-corrected chi connectivity index (χ3v) is 5.59. The number of nitrogens with zero attached hydrogens (tertiary/aromatic N) is 2. The maximum absolute atomic E-state index is 6.07. The molecule has 0 radical (unpaired) electrons. The molecule has 2 aromatic rings. The lowest BCUT2D eigenvalue weighted by Gasteiger charge is -2.28. The Hall–Kier alpha value is -1.17. The van der Waals surface area contributed by atoms with Crippen molar-refractivity contribution in [3.8, 4) is 0 Å². The Balaban J connectivity index is 2.17. The minimum atomic E-state index is -0.0511. The van der Waals surface area contributed by atoms with Gasteiger partial charge in [-0.3, -0.25) is 0 Å². The Morgan fingerprint density at radius 1 is 1.10 bits per heavy atom. The molecule has 0 aliphatic heterocycles. The van der Waals surface area contributed by atoms with Crippen LogP contribution in [0.3, 0.4) is 0 Å². The number of hydrogen-bond acceptors (Lipinski definition) is 3. The third-order valence-electron chi connectivity index (χ3n) is 4.25. The Labute approximate surface area is 133 Å². The molecule has 0 amide bonds. The minimum Gasteiger partial charge on any atom is -0.383 e. The highest BCUT2D eigenvalue weighted by Crippen LogP contribution is 2.45. The van der Waals surface area contributed by atoms with Crippen LogP contribution in [0.15, 0.2) is 30.3 Å². The van der Waals surface area contributed by atoms with E-state index in [1.54, 1.807) is 0 Å². The van der Waals surface area contributed by atoms with Crippen molar-refractivity contribution < 1.29 is 0 Å². The highest BCUT2D eigenvalue weighted by atomic mass is 127. The summed E-state index contributed by atoms with van der Waals surface area (Å²) in [7, 11) is 0. The van der Waals surface area contributed by atoms with Gasteiger partial charge in [-0.05, 0) is 47.9 Å². The summed E-state index contributed by atoms with van der Waals surface area (Å²) in [4.78, 5) is 9.39. The number of nitrogens with two attached hydrogens (primary N) is 1. The van der Waals surface area contributed by atoms with Crippen molar-refractivity contribution in [1.82, 2.24) is 9.97 Å². The van der Waals surface area contributed by atoms with Crippen LogP contribution in [0.25, 0.3) is 0 Å². The van der Waals surface area contributed by atoms with E-state index in [9.17, 15) is 0 Å². The average Bonchev–Trinajstić information content (AvgIpc) is 2.96. The van der Waals surface area contributed by atoms with Gasteiger partial charge in [0.15, 0.2) is 0 Å². The normalized spacial score (nSPS) is 17.3. The fourth-order valence-electron chi connectivity index (χ4n) is 3.17. The summed E-state index contributed by atoms with van der Waals surface area (Å²) < 4.78 is 0.965. The first-order valence-corrected chi connectivity index (χ1v) is 8.07. The van der Waals surface area contributed by atoms with Gasteiger partial charge in [0.1, 0.15) is 11.6 Å². The third kappa shape index (κ3) is 2.20. The molecule has 0 spiro atoms.